The van der Waals surface area contributed by atoms with E-state index in [4.69, 9.17) is 4.74 Å². The number of carbonyl (C=O) groups is 1. The summed E-state index contributed by atoms with van der Waals surface area (Å²) in [5.41, 5.74) is 0.606. The molecular formula is C19H30O2S. The van der Waals surface area contributed by atoms with E-state index in [0.29, 0.717) is 5.56 Å². The van der Waals surface area contributed by atoms with E-state index < -0.39 is 0 Å². The van der Waals surface area contributed by atoms with Gasteiger partial charge in [-0.25, -0.2) is 0 Å². The van der Waals surface area contributed by atoms with Crippen LogP contribution in [-0.4, -0.2) is 11.7 Å². The van der Waals surface area contributed by atoms with Crippen LogP contribution in [0.25, 0.3) is 0 Å². The Morgan fingerprint density at radius 2 is 1.36 bits per heavy atom. The van der Waals surface area contributed by atoms with Gasteiger partial charge in [-0.3, -0.25) is 4.79 Å². The molecule has 0 radical (unpaired) electrons. The standard InChI is InChI=1S/C19H30O2S/c1-2-3-4-5-6-7-8-9-10-11-16-21-18-14-12-17(13-15-18)19(20)22/h12-15H,2-11,16H2,1H3,(H,20,22). The Labute approximate surface area is 141 Å². The Morgan fingerprint density at radius 1 is 0.864 bits per heavy atom. The average molecular weight is 323 g/mol. The molecule has 22 heavy (non-hydrogen) atoms. The van der Waals surface area contributed by atoms with Crippen LogP contribution >= 0.6 is 12.6 Å². The lowest BCUT2D eigenvalue weighted by molar-refractivity contribution is 0.109. The Bertz CT molecular complexity index is 400. The molecule has 0 aliphatic heterocycles. The SMILES string of the molecule is CCCCCCCCCCCCOc1ccc(C(=O)S)cc1. The predicted molar refractivity (Wildman–Crippen MR) is 97.1 cm³/mol. The van der Waals surface area contributed by atoms with Gasteiger partial charge in [0.25, 0.3) is 0 Å². The minimum absolute atomic E-state index is 0.207. The lowest BCUT2D eigenvalue weighted by atomic mass is 10.1. The fourth-order valence-corrected chi connectivity index (χ4v) is 2.62. The van der Waals surface area contributed by atoms with E-state index in [2.05, 4.69) is 19.6 Å². The Kier molecular flexibility index (Phi) is 10.9. The van der Waals surface area contributed by atoms with Crippen molar-refractivity contribution in [2.24, 2.45) is 0 Å². The van der Waals surface area contributed by atoms with Crippen molar-refractivity contribution in [3.8, 4) is 5.75 Å². The third kappa shape index (κ3) is 9.14. The number of benzene rings is 1. The zero-order valence-electron chi connectivity index (χ0n) is 13.9. The van der Waals surface area contributed by atoms with Crippen LogP contribution < -0.4 is 4.74 Å². The lowest BCUT2D eigenvalue weighted by Gasteiger charge is -2.06. The molecule has 124 valence electrons. The van der Waals surface area contributed by atoms with Gasteiger partial charge >= 0.3 is 0 Å². The molecule has 2 nitrogen and oxygen atoms in total. The molecule has 0 unspecified atom stereocenters. The van der Waals surface area contributed by atoms with E-state index in [9.17, 15) is 4.79 Å². The van der Waals surface area contributed by atoms with Crippen molar-refractivity contribution in [1.82, 2.24) is 0 Å². The van der Waals surface area contributed by atoms with Crippen molar-refractivity contribution in [1.29, 1.82) is 0 Å². The fourth-order valence-electron chi connectivity index (χ4n) is 2.47. The molecule has 0 saturated carbocycles. The fraction of sp³-hybridized carbons (Fsp3) is 0.632. The van der Waals surface area contributed by atoms with Gasteiger partial charge in [0.05, 0.1) is 6.61 Å². The summed E-state index contributed by atoms with van der Waals surface area (Å²) in [5.74, 6) is 0.828. The number of thiol groups is 1. The van der Waals surface area contributed by atoms with Gasteiger partial charge < -0.3 is 4.74 Å². The molecule has 0 saturated heterocycles. The molecule has 0 fully saturated rings. The molecule has 1 aromatic carbocycles. The molecule has 1 aromatic rings. The molecule has 0 aliphatic carbocycles. The molecule has 0 aromatic heterocycles. The predicted octanol–water partition coefficient (Wildman–Crippen LogP) is 6.06. The molecule has 3 heteroatoms. The smallest absolute Gasteiger partial charge is 0.216 e. The number of hydrogen-bond donors (Lipinski definition) is 1. The summed E-state index contributed by atoms with van der Waals surface area (Å²) >= 11 is 3.79. The van der Waals surface area contributed by atoms with Crippen LogP contribution in [0.1, 0.15) is 81.5 Å². The van der Waals surface area contributed by atoms with E-state index in [1.807, 2.05) is 12.1 Å². The van der Waals surface area contributed by atoms with Crippen molar-refractivity contribution in [2.75, 3.05) is 6.61 Å². The summed E-state index contributed by atoms with van der Waals surface area (Å²) in [4.78, 5) is 11.0. The van der Waals surface area contributed by atoms with Crippen molar-refractivity contribution >= 4 is 17.7 Å². The third-order valence-corrected chi connectivity index (χ3v) is 4.13. The second kappa shape index (κ2) is 12.6. The normalized spacial score (nSPS) is 10.6. The maximum absolute atomic E-state index is 11.0. The van der Waals surface area contributed by atoms with Crippen LogP contribution in [-0.2, 0) is 0 Å². The Balaban J connectivity index is 1.94. The molecule has 0 atom stereocenters. The summed E-state index contributed by atoms with van der Waals surface area (Å²) in [6.07, 6.45) is 13.3. The first kappa shape index (κ1) is 19.1. The van der Waals surface area contributed by atoms with E-state index in [1.165, 1.54) is 57.8 Å². The maximum Gasteiger partial charge on any atom is 0.216 e. The van der Waals surface area contributed by atoms with E-state index >= 15 is 0 Å². The van der Waals surface area contributed by atoms with Crippen LogP contribution in [0, 0.1) is 0 Å². The monoisotopic (exact) mass is 322 g/mol. The largest absolute Gasteiger partial charge is 0.494 e. The minimum Gasteiger partial charge on any atom is -0.494 e. The van der Waals surface area contributed by atoms with Crippen LogP contribution in [0.3, 0.4) is 0 Å². The van der Waals surface area contributed by atoms with Crippen molar-refractivity contribution in [3.05, 3.63) is 29.8 Å². The first-order chi connectivity index (χ1) is 10.7. The van der Waals surface area contributed by atoms with Gasteiger partial charge in [-0.05, 0) is 30.7 Å². The van der Waals surface area contributed by atoms with Gasteiger partial charge in [-0.2, -0.15) is 0 Å². The summed E-state index contributed by atoms with van der Waals surface area (Å²) in [6, 6.07) is 7.17. The molecule has 0 heterocycles. The third-order valence-electron chi connectivity index (χ3n) is 3.87. The number of carbonyl (C=O) groups excluding carboxylic acids is 1. The lowest BCUT2D eigenvalue weighted by Crippen LogP contribution is -1.98. The van der Waals surface area contributed by atoms with Gasteiger partial charge in [0.2, 0.25) is 5.12 Å². The highest BCUT2D eigenvalue weighted by molar-refractivity contribution is 7.97. The van der Waals surface area contributed by atoms with Crippen LogP contribution in [0.15, 0.2) is 24.3 Å². The maximum atomic E-state index is 11.0. The van der Waals surface area contributed by atoms with Crippen molar-refractivity contribution in [2.45, 2.75) is 71.1 Å². The average Bonchev–Trinajstić information content (AvgIpc) is 2.53. The zero-order valence-corrected chi connectivity index (χ0v) is 14.7. The molecule has 0 amide bonds. The second-order valence-electron chi connectivity index (χ2n) is 5.86. The highest BCUT2D eigenvalue weighted by Gasteiger charge is 2.00. The molecule has 0 N–H and O–H groups in total. The van der Waals surface area contributed by atoms with Crippen LogP contribution in [0.5, 0.6) is 5.75 Å². The first-order valence-corrected chi connectivity index (χ1v) is 9.15. The van der Waals surface area contributed by atoms with Gasteiger partial charge in [-0.1, -0.05) is 64.7 Å². The van der Waals surface area contributed by atoms with E-state index in [-0.39, 0.29) is 5.12 Å². The molecular weight excluding hydrogens is 292 g/mol. The second-order valence-corrected chi connectivity index (χ2v) is 6.27. The zero-order chi connectivity index (χ0) is 16.0. The number of rotatable bonds is 13. The Hall–Kier alpha value is -0.960. The molecule has 0 bridgehead atoms. The van der Waals surface area contributed by atoms with Gasteiger partial charge in [0, 0.05) is 5.56 Å². The number of ether oxygens (including phenoxy) is 1. The summed E-state index contributed by atoms with van der Waals surface area (Å²) in [6.45, 7) is 3.01. The highest BCUT2D eigenvalue weighted by atomic mass is 32.1. The summed E-state index contributed by atoms with van der Waals surface area (Å²) < 4.78 is 5.68. The van der Waals surface area contributed by atoms with E-state index in [0.717, 1.165) is 18.8 Å². The van der Waals surface area contributed by atoms with Crippen molar-refractivity contribution < 1.29 is 9.53 Å². The van der Waals surface area contributed by atoms with Gasteiger partial charge in [-0.15, -0.1) is 12.6 Å². The molecule has 0 spiro atoms. The summed E-state index contributed by atoms with van der Waals surface area (Å²) in [5, 5.41) is -0.207. The van der Waals surface area contributed by atoms with Crippen molar-refractivity contribution in [3.63, 3.8) is 0 Å². The quantitative estimate of drug-likeness (QED) is 0.353. The topological polar surface area (TPSA) is 26.3 Å². The number of unbranched alkanes of at least 4 members (excludes halogenated alkanes) is 9. The Morgan fingerprint density at radius 3 is 1.86 bits per heavy atom. The van der Waals surface area contributed by atoms with E-state index in [1.54, 1.807) is 12.1 Å². The van der Waals surface area contributed by atoms with Crippen LogP contribution in [0.4, 0.5) is 0 Å². The van der Waals surface area contributed by atoms with Gasteiger partial charge in [0.15, 0.2) is 0 Å². The summed E-state index contributed by atoms with van der Waals surface area (Å²) in [7, 11) is 0. The minimum atomic E-state index is -0.207. The molecule has 0 aliphatic rings. The number of hydrogen-bond acceptors (Lipinski definition) is 2. The highest BCUT2D eigenvalue weighted by Crippen LogP contribution is 2.15. The van der Waals surface area contributed by atoms with Crippen LogP contribution in [0.2, 0.25) is 0 Å². The van der Waals surface area contributed by atoms with Gasteiger partial charge in [0.1, 0.15) is 5.75 Å². The molecule has 1 rings (SSSR count). The first-order valence-electron chi connectivity index (χ1n) is 8.70.